The van der Waals surface area contributed by atoms with Crippen LogP contribution in [0.5, 0.6) is 0 Å². The summed E-state index contributed by atoms with van der Waals surface area (Å²) in [6.07, 6.45) is 7.89. The van der Waals surface area contributed by atoms with Gasteiger partial charge in [0.15, 0.2) is 0 Å². The van der Waals surface area contributed by atoms with Crippen molar-refractivity contribution in [3.63, 3.8) is 0 Å². The molecular formula is C18H14ClFNP. The highest BCUT2D eigenvalue weighted by atomic mass is 35.5. The second-order valence-corrected chi connectivity index (χ2v) is 6.89. The van der Waals surface area contributed by atoms with Gasteiger partial charge in [0.2, 0.25) is 0 Å². The van der Waals surface area contributed by atoms with Crippen molar-refractivity contribution in [1.29, 1.82) is 5.26 Å². The van der Waals surface area contributed by atoms with Crippen LogP contribution in [0.1, 0.15) is 18.4 Å². The van der Waals surface area contributed by atoms with Crippen molar-refractivity contribution in [3.8, 4) is 6.07 Å². The zero-order valence-electron chi connectivity index (χ0n) is 11.9. The van der Waals surface area contributed by atoms with E-state index in [1.165, 1.54) is 11.4 Å². The first-order valence-electron chi connectivity index (χ1n) is 7.09. The van der Waals surface area contributed by atoms with Crippen LogP contribution in [0.3, 0.4) is 0 Å². The van der Waals surface area contributed by atoms with E-state index in [4.69, 9.17) is 16.9 Å². The number of halogens is 2. The van der Waals surface area contributed by atoms with Crippen molar-refractivity contribution >= 4 is 25.5 Å². The third kappa shape index (κ3) is 3.07. The molecular weight excluding hydrogens is 316 g/mol. The van der Waals surface area contributed by atoms with Crippen LogP contribution >= 0.6 is 20.2 Å². The molecule has 1 nitrogen and oxygen atoms in total. The zero-order valence-corrected chi connectivity index (χ0v) is 13.6. The molecule has 22 heavy (non-hydrogen) atoms. The first kappa shape index (κ1) is 15.2. The van der Waals surface area contributed by atoms with Gasteiger partial charge in [0.05, 0.1) is 11.6 Å². The predicted octanol–water partition coefficient (Wildman–Crippen LogP) is 5.77. The molecule has 1 unspecified atom stereocenters. The van der Waals surface area contributed by atoms with E-state index in [2.05, 4.69) is 12.2 Å². The second-order valence-electron chi connectivity index (χ2n) is 5.19. The fraction of sp³-hybridized carbons (Fsp3) is 0.167. The molecule has 0 bridgehead atoms. The third-order valence-corrected chi connectivity index (χ3v) is 5.36. The Labute approximate surface area is 136 Å². The van der Waals surface area contributed by atoms with Gasteiger partial charge in [0, 0.05) is 5.02 Å². The van der Waals surface area contributed by atoms with Crippen molar-refractivity contribution in [2.24, 2.45) is 0 Å². The molecule has 1 aliphatic heterocycles. The van der Waals surface area contributed by atoms with Crippen molar-refractivity contribution in [2.75, 3.05) is 6.16 Å². The minimum atomic E-state index is -0.399. The summed E-state index contributed by atoms with van der Waals surface area (Å²) in [5.41, 5.74) is 3.39. The Morgan fingerprint density at radius 1 is 1.27 bits per heavy atom. The molecule has 1 aliphatic carbocycles. The lowest BCUT2D eigenvalue weighted by atomic mass is 9.91. The van der Waals surface area contributed by atoms with Crippen molar-refractivity contribution in [1.82, 2.24) is 0 Å². The van der Waals surface area contributed by atoms with E-state index in [0.717, 1.165) is 22.9 Å². The summed E-state index contributed by atoms with van der Waals surface area (Å²) >= 11 is 6.10. The highest BCUT2D eigenvalue weighted by Crippen LogP contribution is 2.44. The molecule has 0 saturated carbocycles. The predicted molar refractivity (Wildman–Crippen MR) is 91.8 cm³/mol. The maximum Gasteiger partial charge on any atom is 0.137 e. The summed E-state index contributed by atoms with van der Waals surface area (Å²) in [6, 6.07) is 9.74. The van der Waals surface area contributed by atoms with Gasteiger partial charge in [-0.2, -0.15) is 5.26 Å². The monoisotopic (exact) mass is 329 g/mol. The van der Waals surface area contributed by atoms with E-state index in [9.17, 15) is 4.39 Å². The summed E-state index contributed by atoms with van der Waals surface area (Å²) < 4.78 is 14.0. The fourth-order valence-electron chi connectivity index (χ4n) is 2.70. The van der Waals surface area contributed by atoms with E-state index in [1.54, 1.807) is 0 Å². The van der Waals surface area contributed by atoms with Crippen LogP contribution in [-0.2, 0) is 0 Å². The van der Waals surface area contributed by atoms with Gasteiger partial charge in [-0.3, -0.25) is 0 Å². The van der Waals surface area contributed by atoms with Crippen molar-refractivity contribution in [3.05, 3.63) is 75.6 Å². The highest BCUT2D eigenvalue weighted by Gasteiger charge is 2.19. The molecule has 1 aromatic carbocycles. The van der Waals surface area contributed by atoms with Gasteiger partial charge in [-0.25, -0.2) is 4.39 Å². The molecule has 1 atom stereocenters. The quantitative estimate of drug-likeness (QED) is 0.632. The summed E-state index contributed by atoms with van der Waals surface area (Å²) in [6.45, 7) is 0. The van der Waals surface area contributed by atoms with E-state index in [-0.39, 0.29) is 5.57 Å². The van der Waals surface area contributed by atoms with Crippen molar-refractivity contribution < 1.29 is 4.39 Å². The minimum Gasteiger partial charge on any atom is -0.206 e. The van der Waals surface area contributed by atoms with E-state index in [0.29, 0.717) is 26.4 Å². The van der Waals surface area contributed by atoms with Gasteiger partial charge in [-0.1, -0.05) is 44.5 Å². The lowest BCUT2D eigenvalue weighted by Crippen LogP contribution is -2.01. The number of nitrogens with zero attached hydrogens (tertiary/aromatic N) is 1. The molecule has 1 heterocycles. The van der Waals surface area contributed by atoms with Gasteiger partial charge in [-0.05, 0) is 59.2 Å². The van der Waals surface area contributed by atoms with Crippen LogP contribution in [0.2, 0.25) is 5.02 Å². The van der Waals surface area contributed by atoms with E-state index >= 15 is 0 Å². The van der Waals surface area contributed by atoms with Gasteiger partial charge < -0.3 is 0 Å². The summed E-state index contributed by atoms with van der Waals surface area (Å²) in [7, 11) is 0.647. The van der Waals surface area contributed by atoms with Crippen LogP contribution in [0, 0.1) is 11.3 Å². The maximum atomic E-state index is 14.0. The van der Waals surface area contributed by atoms with Crippen LogP contribution in [0.15, 0.2) is 65.0 Å². The number of rotatable bonds is 2. The van der Waals surface area contributed by atoms with Gasteiger partial charge in [0.25, 0.3) is 0 Å². The second kappa shape index (κ2) is 6.61. The molecule has 0 amide bonds. The van der Waals surface area contributed by atoms with Gasteiger partial charge >= 0.3 is 0 Å². The third-order valence-electron chi connectivity index (χ3n) is 3.78. The topological polar surface area (TPSA) is 23.8 Å². The molecule has 2 aliphatic rings. The highest BCUT2D eigenvalue weighted by molar-refractivity contribution is 7.50. The average Bonchev–Trinajstić information content (AvgIpc) is 2.55. The average molecular weight is 330 g/mol. The van der Waals surface area contributed by atoms with Crippen LogP contribution in [-0.4, -0.2) is 6.16 Å². The first-order valence-corrected chi connectivity index (χ1v) is 8.68. The van der Waals surface area contributed by atoms with Crippen LogP contribution < -0.4 is 0 Å². The molecule has 0 spiro atoms. The Balaban J connectivity index is 2.09. The largest absolute Gasteiger partial charge is 0.206 e. The Kier molecular flexibility index (Phi) is 4.57. The Morgan fingerprint density at radius 2 is 2.14 bits per heavy atom. The number of benzene rings is 1. The van der Waals surface area contributed by atoms with Crippen LogP contribution in [0.4, 0.5) is 4.39 Å². The van der Waals surface area contributed by atoms with Crippen molar-refractivity contribution in [2.45, 2.75) is 12.8 Å². The number of hydrogen-bond donors (Lipinski definition) is 0. The molecule has 4 heteroatoms. The smallest absolute Gasteiger partial charge is 0.137 e. The molecule has 1 aromatic rings. The summed E-state index contributed by atoms with van der Waals surface area (Å²) in [5, 5.41) is 10.8. The number of allylic oxidation sites excluding steroid dienone is 7. The number of hydrogen-bond acceptors (Lipinski definition) is 1. The summed E-state index contributed by atoms with van der Waals surface area (Å²) in [4.78, 5) is 0. The SMILES string of the molecule is N#CC1=C(F)C=C(C2=C(c3cccc(Cl)c3)PCC=C2)CC1. The first-order chi connectivity index (χ1) is 10.7. The molecule has 0 saturated heterocycles. The molecule has 3 rings (SSSR count). The van der Waals surface area contributed by atoms with E-state index < -0.39 is 5.83 Å². The molecule has 0 fully saturated rings. The lowest BCUT2D eigenvalue weighted by molar-refractivity contribution is 0.639. The molecule has 0 aromatic heterocycles. The minimum absolute atomic E-state index is 0.246. The Bertz CT molecular complexity index is 781. The summed E-state index contributed by atoms with van der Waals surface area (Å²) in [5.74, 6) is -0.399. The standard InChI is InChI=1S/C18H14ClFNP/c19-15-4-1-3-13(9-15)18-16(5-2-8-22-18)12-6-7-14(11-21)17(20)10-12/h1-5,9-10,22H,6-8H2. The Morgan fingerprint density at radius 3 is 2.86 bits per heavy atom. The maximum absolute atomic E-state index is 14.0. The number of nitriles is 1. The van der Waals surface area contributed by atoms with E-state index in [1.807, 2.05) is 30.3 Å². The van der Waals surface area contributed by atoms with Gasteiger partial charge in [0.1, 0.15) is 5.83 Å². The fourth-order valence-corrected chi connectivity index (χ4v) is 4.12. The molecule has 0 N–H and O–H groups in total. The van der Waals surface area contributed by atoms with Crippen LogP contribution in [0.25, 0.3) is 5.31 Å². The Hall–Kier alpha value is -1.68. The normalized spacial score (nSPS) is 19.4. The molecule has 0 radical (unpaired) electrons. The van der Waals surface area contributed by atoms with Gasteiger partial charge in [-0.15, -0.1) is 0 Å². The lowest BCUT2D eigenvalue weighted by Gasteiger charge is -2.21. The zero-order chi connectivity index (χ0) is 15.5. The molecule has 110 valence electrons.